The molecule has 1 aliphatic heterocycles. The van der Waals surface area contributed by atoms with Crippen LogP contribution in [0.3, 0.4) is 0 Å². The van der Waals surface area contributed by atoms with Crippen molar-refractivity contribution in [1.82, 2.24) is 10.7 Å². The van der Waals surface area contributed by atoms with Gasteiger partial charge in [-0.15, -0.1) is 10.1 Å². The van der Waals surface area contributed by atoms with Crippen molar-refractivity contribution >= 4 is 18.0 Å². The summed E-state index contributed by atoms with van der Waals surface area (Å²) in [6, 6.07) is 20.9. The smallest absolute Gasteiger partial charge is 0.304 e. The van der Waals surface area contributed by atoms with Crippen molar-refractivity contribution < 1.29 is 23.7 Å². The molecule has 0 saturated carbocycles. The highest BCUT2D eigenvalue weighted by atomic mass is 16.5. The molecule has 0 aliphatic carbocycles. The van der Waals surface area contributed by atoms with Crippen LogP contribution >= 0.6 is 0 Å². The molecule has 1 fully saturated rings. The summed E-state index contributed by atoms with van der Waals surface area (Å²) in [7, 11) is 3.20. The number of rotatable bonds is 6. The van der Waals surface area contributed by atoms with E-state index >= 15 is 0 Å². The van der Waals surface area contributed by atoms with Crippen molar-refractivity contribution in [1.29, 1.82) is 0 Å². The zero-order valence-electron chi connectivity index (χ0n) is 18.7. The lowest BCUT2D eigenvalue weighted by Gasteiger charge is -2.15. The minimum absolute atomic E-state index is 0.303. The molecular weight excluding hydrogens is 418 g/mol. The van der Waals surface area contributed by atoms with Crippen LogP contribution < -0.4 is 20.2 Å². The number of carbonyl (C=O) groups is 2. The molecule has 7 heteroatoms. The predicted molar refractivity (Wildman–Crippen MR) is 125 cm³/mol. The van der Waals surface area contributed by atoms with Gasteiger partial charge in [0.1, 0.15) is 11.5 Å². The number of amides is 2. The van der Waals surface area contributed by atoms with E-state index in [9.17, 15) is 9.59 Å². The molecule has 33 heavy (non-hydrogen) atoms. The fourth-order valence-electron chi connectivity index (χ4n) is 3.92. The predicted octanol–water partition coefficient (Wildman–Crippen LogP) is 3.03. The standard InChI is InChI=1S/C26H25N3O4/c1-17-7-6-9-19(15-17)25(30)27-23-24(18-11-13-21(32-2)14-12-18)29(28-26(23)31)16-20-8-4-5-10-22(20)33-3/h4-16,23-24H,1-3H3,(H-,27,28,30,31)/p+1/b29-16-/t23-,24-/m0/s1. The minimum atomic E-state index is -0.808. The monoisotopic (exact) mass is 444 g/mol. The molecule has 2 atom stereocenters. The third-order valence-corrected chi connectivity index (χ3v) is 5.58. The van der Waals surface area contributed by atoms with Gasteiger partial charge < -0.3 is 14.8 Å². The van der Waals surface area contributed by atoms with Gasteiger partial charge in [-0.3, -0.25) is 9.59 Å². The average Bonchev–Trinajstić information content (AvgIpc) is 3.13. The van der Waals surface area contributed by atoms with Crippen molar-refractivity contribution in [2.24, 2.45) is 0 Å². The van der Waals surface area contributed by atoms with Crippen LogP contribution in [0.5, 0.6) is 11.5 Å². The number of ether oxygens (including phenoxy) is 2. The van der Waals surface area contributed by atoms with E-state index < -0.39 is 12.1 Å². The van der Waals surface area contributed by atoms with Gasteiger partial charge in [0.25, 0.3) is 5.91 Å². The number of nitrogens with zero attached hydrogens (tertiary/aromatic N) is 1. The van der Waals surface area contributed by atoms with Crippen molar-refractivity contribution in [3.63, 3.8) is 0 Å². The molecule has 3 aromatic rings. The molecule has 0 spiro atoms. The lowest BCUT2D eigenvalue weighted by molar-refractivity contribution is -0.596. The number of hydrazone groups is 1. The van der Waals surface area contributed by atoms with E-state index in [2.05, 4.69) is 10.7 Å². The fraction of sp³-hybridized carbons (Fsp3) is 0.192. The highest BCUT2D eigenvalue weighted by Crippen LogP contribution is 2.28. The maximum absolute atomic E-state index is 13.0. The van der Waals surface area contributed by atoms with Crippen LogP contribution in [-0.2, 0) is 4.79 Å². The second kappa shape index (κ2) is 9.56. The summed E-state index contributed by atoms with van der Waals surface area (Å²) in [5, 5.41) is 2.92. The van der Waals surface area contributed by atoms with E-state index in [-0.39, 0.29) is 11.8 Å². The number of benzene rings is 3. The number of para-hydroxylation sites is 1. The molecule has 2 N–H and O–H groups in total. The normalized spacial score (nSPS) is 18.6. The van der Waals surface area contributed by atoms with Gasteiger partial charge in [0.15, 0.2) is 6.04 Å². The molecule has 2 amide bonds. The van der Waals surface area contributed by atoms with Gasteiger partial charge in [0.2, 0.25) is 12.3 Å². The molecule has 168 valence electrons. The van der Waals surface area contributed by atoms with Gasteiger partial charge in [-0.2, -0.15) is 0 Å². The lowest BCUT2D eigenvalue weighted by atomic mass is 9.99. The molecule has 0 bridgehead atoms. The maximum Gasteiger partial charge on any atom is 0.304 e. The number of aryl methyl sites for hydroxylation is 1. The van der Waals surface area contributed by atoms with E-state index in [1.165, 1.54) is 0 Å². The molecule has 7 nitrogen and oxygen atoms in total. The first-order chi connectivity index (χ1) is 16.0. The summed E-state index contributed by atoms with van der Waals surface area (Å²) in [4.78, 5) is 26.0. The van der Waals surface area contributed by atoms with Crippen molar-refractivity contribution in [2.45, 2.75) is 19.0 Å². The van der Waals surface area contributed by atoms with Gasteiger partial charge in [-0.25, -0.2) is 0 Å². The van der Waals surface area contributed by atoms with E-state index in [0.29, 0.717) is 17.1 Å². The summed E-state index contributed by atoms with van der Waals surface area (Å²) in [5.41, 5.74) is 6.00. The molecule has 1 heterocycles. The molecular formula is C26H26N3O4+. The van der Waals surface area contributed by atoms with Crippen LogP contribution in [0, 0.1) is 6.92 Å². The van der Waals surface area contributed by atoms with Crippen molar-refractivity contribution in [2.75, 3.05) is 14.2 Å². The largest absolute Gasteiger partial charge is 0.497 e. The number of hydrazine groups is 1. The topological polar surface area (TPSA) is 79.7 Å². The molecule has 4 rings (SSSR count). The summed E-state index contributed by atoms with van der Waals surface area (Å²) in [6.07, 6.45) is 1.81. The van der Waals surface area contributed by atoms with E-state index in [1.807, 2.05) is 73.8 Å². The average molecular weight is 445 g/mol. The number of carbonyl (C=O) groups excluding carboxylic acids is 2. The third-order valence-electron chi connectivity index (χ3n) is 5.58. The van der Waals surface area contributed by atoms with Crippen LogP contribution in [0.4, 0.5) is 0 Å². The zero-order chi connectivity index (χ0) is 23.4. The first-order valence-corrected chi connectivity index (χ1v) is 10.6. The van der Waals surface area contributed by atoms with Crippen LogP contribution in [0.15, 0.2) is 72.8 Å². The number of hydrogen-bond acceptors (Lipinski definition) is 4. The highest BCUT2D eigenvalue weighted by Gasteiger charge is 2.48. The highest BCUT2D eigenvalue weighted by molar-refractivity contribution is 5.98. The van der Waals surface area contributed by atoms with Gasteiger partial charge in [-0.1, -0.05) is 29.8 Å². The van der Waals surface area contributed by atoms with Crippen LogP contribution in [0.1, 0.15) is 33.1 Å². The number of nitrogens with one attached hydrogen (secondary N) is 2. The van der Waals surface area contributed by atoms with E-state index in [4.69, 9.17) is 9.47 Å². The maximum atomic E-state index is 13.0. The summed E-state index contributed by atoms with van der Waals surface area (Å²) in [5.74, 6) is 0.767. The summed E-state index contributed by atoms with van der Waals surface area (Å²) < 4.78 is 12.4. The Morgan fingerprint density at radius 3 is 2.45 bits per heavy atom. The quantitative estimate of drug-likeness (QED) is 0.573. The third kappa shape index (κ3) is 4.72. The molecule has 3 aromatic carbocycles. The SMILES string of the molecule is COc1ccc([C@H]2[C@H](NC(=O)c3cccc(C)c3)C(=O)N/[N+]2=C\c2ccccc2OC)cc1. The minimum Gasteiger partial charge on any atom is -0.497 e. The Kier molecular flexibility index (Phi) is 6.40. The first kappa shape index (κ1) is 22.1. The first-order valence-electron chi connectivity index (χ1n) is 10.6. The summed E-state index contributed by atoms with van der Waals surface area (Å²) >= 11 is 0. The van der Waals surface area contributed by atoms with Gasteiger partial charge in [-0.05, 0) is 55.5 Å². The van der Waals surface area contributed by atoms with Crippen LogP contribution in [0.2, 0.25) is 0 Å². The Morgan fingerprint density at radius 1 is 1.00 bits per heavy atom. The fourth-order valence-corrected chi connectivity index (χ4v) is 3.92. The summed E-state index contributed by atoms with van der Waals surface area (Å²) in [6.45, 7) is 1.92. The Hall–Kier alpha value is -4.13. The molecule has 0 unspecified atom stereocenters. The second-order valence-corrected chi connectivity index (χ2v) is 7.79. The zero-order valence-corrected chi connectivity index (χ0v) is 18.7. The second-order valence-electron chi connectivity index (χ2n) is 7.79. The number of hydrogen-bond donors (Lipinski definition) is 2. The molecule has 1 aliphatic rings. The van der Waals surface area contributed by atoms with Gasteiger partial charge in [0, 0.05) is 11.1 Å². The molecule has 0 aromatic heterocycles. The Bertz CT molecular complexity index is 1200. The Balaban J connectivity index is 1.73. The van der Waals surface area contributed by atoms with Gasteiger partial charge >= 0.3 is 5.91 Å². The van der Waals surface area contributed by atoms with Crippen molar-refractivity contribution in [3.05, 3.63) is 95.1 Å². The van der Waals surface area contributed by atoms with Crippen molar-refractivity contribution in [3.8, 4) is 11.5 Å². The molecule has 1 saturated heterocycles. The molecule has 0 radical (unpaired) electrons. The van der Waals surface area contributed by atoms with E-state index in [1.54, 1.807) is 31.0 Å². The van der Waals surface area contributed by atoms with Gasteiger partial charge in [0.05, 0.1) is 19.8 Å². The Morgan fingerprint density at radius 2 is 1.76 bits per heavy atom. The lowest BCUT2D eigenvalue weighted by Crippen LogP contribution is -2.42. The van der Waals surface area contributed by atoms with Crippen LogP contribution in [-0.4, -0.2) is 43.0 Å². The number of methoxy groups -OCH3 is 2. The van der Waals surface area contributed by atoms with E-state index in [0.717, 1.165) is 16.7 Å². The Labute approximate surface area is 192 Å². The van der Waals surface area contributed by atoms with Crippen LogP contribution in [0.25, 0.3) is 0 Å².